The van der Waals surface area contributed by atoms with E-state index in [-0.39, 0.29) is 12.2 Å². The number of benzene rings is 2. The van der Waals surface area contributed by atoms with E-state index in [9.17, 15) is 14.4 Å². The molecule has 2 aromatic carbocycles. The van der Waals surface area contributed by atoms with Gasteiger partial charge < -0.3 is 10.1 Å². The molecule has 1 aliphatic rings. The van der Waals surface area contributed by atoms with E-state index in [1.807, 2.05) is 30.3 Å². The van der Waals surface area contributed by atoms with Gasteiger partial charge in [0.1, 0.15) is 6.04 Å². The van der Waals surface area contributed by atoms with Crippen LogP contribution in [0.3, 0.4) is 0 Å². The van der Waals surface area contributed by atoms with Crippen LogP contribution in [0, 0.1) is 0 Å². The zero-order valence-electron chi connectivity index (χ0n) is 16.2. The van der Waals surface area contributed by atoms with Crippen molar-refractivity contribution in [3.05, 3.63) is 89.6 Å². The third kappa shape index (κ3) is 3.53. The third-order valence-electron chi connectivity index (χ3n) is 4.94. The lowest BCUT2D eigenvalue weighted by atomic mass is 10.0. The van der Waals surface area contributed by atoms with Crippen LogP contribution in [0.4, 0.5) is 5.82 Å². The van der Waals surface area contributed by atoms with E-state index in [1.165, 1.54) is 13.3 Å². The van der Waals surface area contributed by atoms with Crippen LogP contribution < -0.4 is 10.1 Å². The monoisotopic (exact) mass is 401 g/mol. The highest BCUT2D eigenvalue weighted by molar-refractivity contribution is 6.23. The Hall–Kier alpha value is -4.00. The molecule has 150 valence electrons. The lowest BCUT2D eigenvalue weighted by molar-refractivity contribution is -0.120. The zero-order chi connectivity index (χ0) is 21.1. The molecule has 3 aromatic rings. The molecule has 0 spiro atoms. The van der Waals surface area contributed by atoms with Gasteiger partial charge in [0.15, 0.2) is 11.6 Å². The molecule has 0 fully saturated rings. The Morgan fingerprint density at radius 2 is 1.60 bits per heavy atom. The molecular weight excluding hydrogens is 382 g/mol. The molecule has 0 saturated carbocycles. The second-order valence-corrected chi connectivity index (χ2v) is 6.77. The maximum absolute atomic E-state index is 13.3. The molecule has 1 aromatic heterocycles. The molecule has 30 heavy (non-hydrogen) atoms. The van der Waals surface area contributed by atoms with Crippen LogP contribution >= 0.6 is 0 Å². The number of rotatable bonds is 6. The molecule has 0 bridgehead atoms. The number of nitrogens with one attached hydrogen (secondary N) is 1. The Morgan fingerprint density at radius 1 is 0.967 bits per heavy atom. The fraction of sp³-hybridized carbons (Fsp3) is 0.130. The predicted molar refractivity (Wildman–Crippen MR) is 110 cm³/mol. The summed E-state index contributed by atoms with van der Waals surface area (Å²) in [6, 6.07) is 18.1. The number of amides is 3. The van der Waals surface area contributed by atoms with Crippen LogP contribution in [0.2, 0.25) is 0 Å². The van der Waals surface area contributed by atoms with Crippen molar-refractivity contribution < 1.29 is 19.1 Å². The van der Waals surface area contributed by atoms with Gasteiger partial charge in [-0.25, -0.2) is 4.98 Å². The van der Waals surface area contributed by atoms with E-state index in [4.69, 9.17) is 4.74 Å². The number of methoxy groups -OCH3 is 1. The summed E-state index contributed by atoms with van der Waals surface area (Å²) < 4.78 is 5.24. The number of fused-ring (bicyclic) bond motifs is 1. The minimum atomic E-state index is -1.05. The molecule has 1 atom stereocenters. The molecule has 7 nitrogen and oxygen atoms in total. The Morgan fingerprint density at radius 3 is 2.23 bits per heavy atom. The fourth-order valence-corrected chi connectivity index (χ4v) is 3.48. The number of nitrogens with zero attached hydrogens (tertiary/aromatic N) is 2. The van der Waals surface area contributed by atoms with E-state index in [2.05, 4.69) is 10.3 Å². The van der Waals surface area contributed by atoms with Gasteiger partial charge in [0, 0.05) is 12.6 Å². The molecule has 2 heterocycles. The minimum Gasteiger partial charge on any atom is -0.493 e. The molecule has 7 heteroatoms. The molecule has 0 aliphatic carbocycles. The largest absolute Gasteiger partial charge is 0.493 e. The van der Waals surface area contributed by atoms with Crippen molar-refractivity contribution in [2.75, 3.05) is 12.4 Å². The van der Waals surface area contributed by atoms with Gasteiger partial charge in [0.25, 0.3) is 11.8 Å². The highest BCUT2D eigenvalue weighted by atomic mass is 16.5. The van der Waals surface area contributed by atoms with E-state index in [0.717, 1.165) is 10.5 Å². The molecule has 0 unspecified atom stereocenters. The van der Waals surface area contributed by atoms with Crippen LogP contribution in [-0.2, 0) is 11.2 Å². The quantitative estimate of drug-likeness (QED) is 0.642. The summed E-state index contributed by atoms with van der Waals surface area (Å²) in [7, 11) is 1.47. The highest BCUT2D eigenvalue weighted by Gasteiger charge is 2.42. The van der Waals surface area contributed by atoms with Gasteiger partial charge >= 0.3 is 0 Å². The summed E-state index contributed by atoms with van der Waals surface area (Å²) in [6.45, 7) is 0. The first kappa shape index (κ1) is 19.3. The van der Waals surface area contributed by atoms with Crippen molar-refractivity contribution in [3.63, 3.8) is 0 Å². The van der Waals surface area contributed by atoms with E-state index < -0.39 is 23.8 Å². The molecule has 1 N–H and O–H groups in total. The van der Waals surface area contributed by atoms with Gasteiger partial charge in [0.2, 0.25) is 5.91 Å². The average Bonchev–Trinajstić information content (AvgIpc) is 3.03. The van der Waals surface area contributed by atoms with Crippen LogP contribution in [-0.4, -0.2) is 40.8 Å². The third-order valence-corrected chi connectivity index (χ3v) is 4.94. The molecule has 4 rings (SSSR count). The SMILES string of the molecule is COc1cccnc1NC(=O)[C@H](Cc1ccccc1)N1C(=O)c2ccccc2C1=O. The number of hydrogen-bond donors (Lipinski definition) is 1. The number of ether oxygens (including phenoxy) is 1. The maximum atomic E-state index is 13.3. The number of hydrogen-bond acceptors (Lipinski definition) is 5. The van der Waals surface area contributed by atoms with Gasteiger partial charge in [-0.3, -0.25) is 19.3 Å². The van der Waals surface area contributed by atoms with Crippen LogP contribution in [0.5, 0.6) is 5.75 Å². The van der Waals surface area contributed by atoms with Crippen molar-refractivity contribution in [2.24, 2.45) is 0 Å². The van der Waals surface area contributed by atoms with Crippen molar-refractivity contribution >= 4 is 23.5 Å². The number of anilines is 1. The van der Waals surface area contributed by atoms with Gasteiger partial charge in [-0.1, -0.05) is 42.5 Å². The summed E-state index contributed by atoms with van der Waals surface area (Å²) in [4.78, 5) is 44.4. The van der Waals surface area contributed by atoms with Crippen LogP contribution in [0.1, 0.15) is 26.3 Å². The summed E-state index contributed by atoms with van der Waals surface area (Å²) >= 11 is 0. The average molecular weight is 401 g/mol. The van der Waals surface area contributed by atoms with Crippen molar-refractivity contribution in [2.45, 2.75) is 12.5 Å². The molecule has 1 aliphatic heterocycles. The van der Waals surface area contributed by atoms with Gasteiger partial charge in [-0.15, -0.1) is 0 Å². The Labute approximate surface area is 173 Å². The van der Waals surface area contributed by atoms with E-state index in [0.29, 0.717) is 16.9 Å². The van der Waals surface area contributed by atoms with Gasteiger partial charge in [-0.2, -0.15) is 0 Å². The van der Waals surface area contributed by atoms with Gasteiger partial charge in [0.05, 0.1) is 18.2 Å². The normalized spacial score (nSPS) is 13.7. The maximum Gasteiger partial charge on any atom is 0.262 e. The Balaban J connectivity index is 1.69. The molecule has 0 saturated heterocycles. The Kier molecular flexibility index (Phi) is 5.26. The molecular formula is C23H19N3O4. The first-order valence-corrected chi connectivity index (χ1v) is 9.41. The van der Waals surface area contributed by atoms with Crippen LogP contribution in [0.25, 0.3) is 0 Å². The summed E-state index contributed by atoms with van der Waals surface area (Å²) in [5.74, 6) is -0.893. The first-order chi connectivity index (χ1) is 14.6. The smallest absolute Gasteiger partial charge is 0.262 e. The number of carbonyl (C=O) groups excluding carboxylic acids is 3. The summed E-state index contributed by atoms with van der Waals surface area (Å²) in [5, 5.41) is 2.71. The highest BCUT2D eigenvalue weighted by Crippen LogP contribution is 2.27. The second kappa shape index (κ2) is 8.16. The minimum absolute atomic E-state index is 0.174. The lowest BCUT2D eigenvalue weighted by Crippen LogP contribution is -2.48. The molecule has 0 radical (unpaired) electrons. The summed E-state index contributed by atoms with van der Waals surface area (Å²) in [6.07, 6.45) is 1.69. The van der Waals surface area contributed by atoms with Crippen molar-refractivity contribution in [3.8, 4) is 5.75 Å². The number of carbonyl (C=O) groups is 3. The summed E-state index contributed by atoms with van der Waals surface area (Å²) in [5.41, 5.74) is 1.41. The predicted octanol–water partition coefficient (Wildman–Crippen LogP) is 2.94. The zero-order valence-corrected chi connectivity index (χ0v) is 16.2. The topological polar surface area (TPSA) is 88.6 Å². The van der Waals surface area contributed by atoms with Crippen molar-refractivity contribution in [1.29, 1.82) is 0 Å². The van der Waals surface area contributed by atoms with Crippen molar-refractivity contribution in [1.82, 2.24) is 9.88 Å². The van der Waals surface area contributed by atoms with E-state index in [1.54, 1.807) is 36.4 Å². The van der Waals surface area contributed by atoms with Crippen LogP contribution in [0.15, 0.2) is 72.9 Å². The van der Waals surface area contributed by atoms with Gasteiger partial charge in [-0.05, 0) is 29.8 Å². The molecule has 3 amide bonds. The number of imide groups is 1. The second-order valence-electron chi connectivity index (χ2n) is 6.77. The Bertz CT molecular complexity index is 1080. The lowest BCUT2D eigenvalue weighted by Gasteiger charge is -2.25. The number of aromatic nitrogens is 1. The first-order valence-electron chi connectivity index (χ1n) is 9.41. The van der Waals surface area contributed by atoms with E-state index >= 15 is 0 Å². The standard InChI is InChI=1S/C23H19N3O4/c1-30-19-12-7-13-24-20(19)25-21(27)18(14-15-8-3-2-4-9-15)26-22(28)16-10-5-6-11-17(16)23(26)29/h2-13,18H,14H2,1H3,(H,24,25,27)/t18-/m0/s1. The fourth-order valence-electron chi connectivity index (χ4n) is 3.48. The number of pyridine rings is 1.